The Labute approximate surface area is 125 Å². The summed E-state index contributed by atoms with van der Waals surface area (Å²) in [6.07, 6.45) is 0. The molecule has 21 heavy (non-hydrogen) atoms. The van der Waals surface area contributed by atoms with Gasteiger partial charge >= 0.3 is 0 Å². The van der Waals surface area contributed by atoms with Gasteiger partial charge in [-0.15, -0.1) is 0 Å². The molecule has 2 rings (SSSR count). The highest BCUT2D eigenvalue weighted by molar-refractivity contribution is 5.94. The zero-order chi connectivity index (χ0) is 15.1. The number of nitrogens with zero attached hydrogens (tertiary/aromatic N) is 2. The van der Waals surface area contributed by atoms with Gasteiger partial charge in [0.25, 0.3) is 5.91 Å². The first-order valence-electron chi connectivity index (χ1n) is 6.95. The van der Waals surface area contributed by atoms with E-state index in [1.54, 1.807) is 12.1 Å². The third kappa shape index (κ3) is 4.93. The van der Waals surface area contributed by atoms with Crippen molar-refractivity contribution in [2.45, 2.75) is 0 Å². The predicted octanol–water partition coefficient (Wildman–Crippen LogP) is 2.55. The molecule has 0 fully saturated rings. The summed E-state index contributed by atoms with van der Waals surface area (Å²) in [5.74, 6) is -0.0527. The molecule has 1 amide bonds. The number of benzene rings is 2. The summed E-state index contributed by atoms with van der Waals surface area (Å²) in [5, 5.41) is 7.38. The van der Waals surface area contributed by atoms with Crippen LogP contribution in [-0.2, 0) is 0 Å². The molecule has 0 unspecified atom stereocenters. The number of likely N-dealkylation sites (N-methyl/N-ethyl adjacent to an activating group) is 1. The van der Waals surface area contributed by atoms with Crippen molar-refractivity contribution in [3.05, 3.63) is 60.2 Å². The highest BCUT2D eigenvalue weighted by Crippen LogP contribution is 2.16. The number of hydrogen-bond acceptors (Lipinski definition) is 2. The minimum absolute atomic E-state index is 0.0527. The lowest BCUT2D eigenvalue weighted by atomic mass is 10.2. The minimum atomic E-state index is -0.0527. The number of amides is 1. The molecule has 0 saturated heterocycles. The van der Waals surface area contributed by atoms with E-state index in [0.717, 1.165) is 17.9 Å². The fraction of sp³-hybridized carbons (Fsp3) is 0.235. The van der Waals surface area contributed by atoms with Gasteiger partial charge in [0.2, 0.25) is 0 Å². The second kappa shape index (κ2) is 7.45. The van der Waals surface area contributed by atoms with E-state index in [0.29, 0.717) is 12.1 Å². The Kier molecular flexibility index (Phi) is 5.35. The van der Waals surface area contributed by atoms with Gasteiger partial charge in [-0.2, -0.15) is 0 Å². The predicted molar refractivity (Wildman–Crippen MR) is 85.2 cm³/mol. The maximum Gasteiger partial charge on any atom is 0.251 e. The van der Waals surface area contributed by atoms with Crippen LogP contribution in [0.3, 0.4) is 0 Å². The molecule has 4 heteroatoms. The van der Waals surface area contributed by atoms with Crippen LogP contribution in [-0.4, -0.2) is 38.0 Å². The molecule has 0 aliphatic carbocycles. The van der Waals surface area contributed by atoms with E-state index < -0.39 is 0 Å². The van der Waals surface area contributed by atoms with Crippen molar-refractivity contribution in [2.24, 2.45) is 0 Å². The smallest absolute Gasteiger partial charge is 0.251 e. The summed E-state index contributed by atoms with van der Waals surface area (Å²) in [4.78, 5) is 14.0. The van der Waals surface area contributed by atoms with E-state index in [1.807, 2.05) is 61.5 Å². The third-order valence-corrected chi connectivity index (χ3v) is 2.99. The van der Waals surface area contributed by atoms with Gasteiger partial charge in [0.05, 0.1) is 11.4 Å². The van der Waals surface area contributed by atoms with Crippen LogP contribution in [0.2, 0.25) is 0 Å². The molecule has 0 saturated carbocycles. The number of hydrogen-bond donors (Lipinski definition) is 1. The SMILES string of the molecule is CN(C)CCNC(=O)c1ccc([N]c2ccccc2)cc1. The maximum absolute atomic E-state index is 11.9. The fourth-order valence-corrected chi connectivity index (χ4v) is 1.83. The molecule has 2 aromatic rings. The molecule has 0 aromatic heterocycles. The molecule has 0 atom stereocenters. The molecule has 0 bridgehead atoms. The molecule has 1 radical (unpaired) electrons. The number of nitrogens with one attached hydrogen (secondary N) is 1. The Balaban J connectivity index is 1.91. The number of carbonyl (C=O) groups is 1. The van der Waals surface area contributed by atoms with E-state index in [4.69, 9.17) is 0 Å². The van der Waals surface area contributed by atoms with Crippen molar-refractivity contribution >= 4 is 17.3 Å². The van der Waals surface area contributed by atoms with E-state index in [9.17, 15) is 4.79 Å². The Morgan fingerprint density at radius 2 is 1.62 bits per heavy atom. The molecule has 109 valence electrons. The largest absolute Gasteiger partial charge is 0.351 e. The van der Waals surface area contributed by atoms with Gasteiger partial charge in [-0.05, 0) is 50.5 Å². The first-order valence-corrected chi connectivity index (χ1v) is 6.95. The molecule has 0 heterocycles. The lowest BCUT2D eigenvalue weighted by Gasteiger charge is -2.10. The van der Waals surface area contributed by atoms with Crippen LogP contribution in [0.5, 0.6) is 0 Å². The van der Waals surface area contributed by atoms with Crippen LogP contribution >= 0.6 is 0 Å². The normalized spacial score (nSPS) is 10.4. The second-order valence-electron chi connectivity index (χ2n) is 5.05. The molecule has 2 aromatic carbocycles. The Bertz CT molecular complexity index is 564. The van der Waals surface area contributed by atoms with Gasteiger partial charge in [0, 0.05) is 18.7 Å². The van der Waals surface area contributed by atoms with Crippen LogP contribution in [0.1, 0.15) is 10.4 Å². The molecule has 4 nitrogen and oxygen atoms in total. The fourth-order valence-electron chi connectivity index (χ4n) is 1.83. The lowest BCUT2D eigenvalue weighted by molar-refractivity contribution is 0.0951. The summed E-state index contributed by atoms with van der Waals surface area (Å²) in [6.45, 7) is 1.47. The van der Waals surface area contributed by atoms with Gasteiger partial charge in [0.1, 0.15) is 0 Å². The highest BCUT2D eigenvalue weighted by atomic mass is 16.1. The van der Waals surface area contributed by atoms with Gasteiger partial charge < -0.3 is 10.2 Å². The van der Waals surface area contributed by atoms with Crippen LogP contribution in [0.25, 0.3) is 0 Å². The van der Waals surface area contributed by atoms with Crippen LogP contribution in [0.4, 0.5) is 11.4 Å². The third-order valence-electron chi connectivity index (χ3n) is 2.99. The summed E-state index contributed by atoms with van der Waals surface area (Å²) in [5.41, 5.74) is 2.40. The standard InChI is InChI=1S/C17H20N3O/c1-20(2)13-12-18-17(21)14-8-10-16(11-9-14)19-15-6-4-3-5-7-15/h3-11H,12-13H2,1-2H3,(H,18,21). The zero-order valence-electron chi connectivity index (χ0n) is 12.4. The quantitative estimate of drug-likeness (QED) is 0.885. The van der Waals surface area contributed by atoms with Crippen molar-refractivity contribution in [1.29, 1.82) is 0 Å². The first kappa shape index (κ1) is 15.1. The number of para-hydroxylation sites is 1. The maximum atomic E-state index is 11.9. The summed E-state index contributed by atoms with van der Waals surface area (Å²) < 4.78 is 0. The van der Waals surface area contributed by atoms with Crippen molar-refractivity contribution in [3.8, 4) is 0 Å². The average molecular weight is 282 g/mol. The number of carbonyl (C=O) groups excluding carboxylic acids is 1. The van der Waals surface area contributed by atoms with Crippen LogP contribution < -0.4 is 10.6 Å². The average Bonchev–Trinajstić information content (AvgIpc) is 2.48. The topological polar surface area (TPSA) is 46.4 Å². The molecular weight excluding hydrogens is 262 g/mol. The highest BCUT2D eigenvalue weighted by Gasteiger charge is 2.05. The first-order chi connectivity index (χ1) is 10.1. The van der Waals surface area contributed by atoms with Crippen molar-refractivity contribution in [3.63, 3.8) is 0 Å². The van der Waals surface area contributed by atoms with E-state index in [2.05, 4.69) is 10.6 Å². The lowest BCUT2D eigenvalue weighted by Crippen LogP contribution is -2.31. The van der Waals surface area contributed by atoms with E-state index in [1.165, 1.54) is 0 Å². The van der Waals surface area contributed by atoms with Crippen LogP contribution in [0, 0.1) is 0 Å². The van der Waals surface area contributed by atoms with Gasteiger partial charge in [-0.25, -0.2) is 5.32 Å². The summed E-state index contributed by atoms with van der Waals surface area (Å²) >= 11 is 0. The molecule has 0 aliphatic heterocycles. The van der Waals surface area contributed by atoms with E-state index in [-0.39, 0.29) is 5.91 Å². The molecular formula is C17H20N3O. The Morgan fingerprint density at radius 1 is 1.00 bits per heavy atom. The van der Waals surface area contributed by atoms with Crippen molar-refractivity contribution in [1.82, 2.24) is 15.5 Å². The van der Waals surface area contributed by atoms with Crippen LogP contribution in [0.15, 0.2) is 54.6 Å². The minimum Gasteiger partial charge on any atom is -0.351 e. The molecule has 0 aliphatic rings. The summed E-state index contributed by atoms with van der Waals surface area (Å²) in [7, 11) is 3.96. The molecule has 1 N–H and O–H groups in total. The van der Waals surface area contributed by atoms with Gasteiger partial charge in [-0.3, -0.25) is 4.79 Å². The number of rotatable bonds is 6. The van der Waals surface area contributed by atoms with Gasteiger partial charge in [-0.1, -0.05) is 18.2 Å². The van der Waals surface area contributed by atoms with Crippen molar-refractivity contribution in [2.75, 3.05) is 27.2 Å². The molecule has 0 spiro atoms. The zero-order valence-corrected chi connectivity index (χ0v) is 12.4. The van der Waals surface area contributed by atoms with E-state index >= 15 is 0 Å². The van der Waals surface area contributed by atoms with Gasteiger partial charge in [0.15, 0.2) is 0 Å². The summed E-state index contributed by atoms with van der Waals surface area (Å²) in [6, 6.07) is 17.1. The van der Waals surface area contributed by atoms with Crippen molar-refractivity contribution < 1.29 is 4.79 Å². The monoisotopic (exact) mass is 282 g/mol. The second-order valence-corrected chi connectivity index (χ2v) is 5.05. The Hall–Kier alpha value is -2.33. The Morgan fingerprint density at radius 3 is 2.24 bits per heavy atom.